The van der Waals surface area contributed by atoms with Gasteiger partial charge in [0.25, 0.3) is 5.88 Å². The Labute approximate surface area is 192 Å². The molecule has 3 aromatic rings. The lowest BCUT2D eigenvalue weighted by atomic mass is 9.84. The Hall–Kier alpha value is -3.40. The number of hydrogen-bond donors (Lipinski definition) is 1. The summed E-state index contributed by atoms with van der Waals surface area (Å²) in [6.45, 7) is 9.10. The van der Waals surface area contributed by atoms with Crippen LogP contribution >= 0.6 is 0 Å². The van der Waals surface area contributed by atoms with E-state index in [4.69, 9.17) is 19.9 Å². The smallest absolute Gasteiger partial charge is 0.355 e. The number of ether oxygens (including phenoxy) is 3. The summed E-state index contributed by atoms with van der Waals surface area (Å²) in [7, 11) is 3.20. The first kappa shape index (κ1) is 22.8. The molecule has 0 unspecified atom stereocenters. The first-order chi connectivity index (χ1) is 15.7. The molecule has 0 atom stereocenters. The maximum Gasteiger partial charge on any atom is 0.355 e. The van der Waals surface area contributed by atoms with E-state index in [1.165, 1.54) is 11.6 Å². The predicted octanol–water partition coefficient (Wildman–Crippen LogP) is 1.63. The number of nitrogens with two attached hydrogens (primary N) is 1. The van der Waals surface area contributed by atoms with E-state index in [0.717, 1.165) is 30.1 Å². The first-order valence-electron chi connectivity index (χ1n) is 10.9. The van der Waals surface area contributed by atoms with Crippen LogP contribution in [0.5, 0.6) is 11.6 Å². The molecule has 10 heteroatoms. The van der Waals surface area contributed by atoms with E-state index in [0.29, 0.717) is 30.3 Å². The SMILES string of the molecule is COc1ccc2n(n1)c(N)n[n+]2CC(=O)c1cc(N2CCOCC2)c(OC)c(C(C)(C)C)c1. The van der Waals surface area contributed by atoms with E-state index in [2.05, 4.69) is 35.9 Å². The van der Waals surface area contributed by atoms with Crippen LogP contribution in [0.25, 0.3) is 5.65 Å². The molecule has 4 rings (SSSR count). The number of methoxy groups -OCH3 is 2. The molecule has 1 aromatic carbocycles. The molecule has 2 aromatic heterocycles. The normalized spacial score (nSPS) is 14.5. The molecule has 0 spiro atoms. The standard InChI is InChI=1S/C23H31N6O4/c1-23(2,3)16-12-15(13-17(21(16)32-5)27-8-10-33-11-9-27)18(30)14-28-20-7-6-19(31-4)25-29(20)22(24)26-28/h6-7,12-13H,8-11,14H2,1-5H3,(H2,24,26)/q+1. The Balaban J connectivity index is 1.75. The number of carbonyl (C=O) groups is 1. The van der Waals surface area contributed by atoms with Crippen molar-refractivity contribution in [3.8, 4) is 11.6 Å². The summed E-state index contributed by atoms with van der Waals surface area (Å²) in [4.78, 5) is 15.7. The van der Waals surface area contributed by atoms with Gasteiger partial charge in [-0.05, 0) is 27.7 Å². The van der Waals surface area contributed by atoms with Crippen molar-refractivity contribution in [1.82, 2.24) is 14.7 Å². The van der Waals surface area contributed by atoms with Crippen molar-refractivity contribution in [2.24, 2.45) is 0 Å². The Morgan fingerprint density at radius 2 is 1.91 bits per heavy atom. The highest BCUT2D eigenvalue weighted by atomic mass is 16.5. The lowest BCUT2D eigenvalue weighted by molar-refractivity contribution is -0.714. The summed E-state index contributed by atoms with van der Waals surface area (Å²) >= 11 is 0. The second-order valence-electron chi connectivity index (χ2n) is 9.01. The number of ketones is 1. The minimum Gasteiger partial charge on any atom is -0.494 e. The average molecular weight is 456 g/mol. The van der Waals surface area contributed by atoms with Gasteiger partial charge in [0, 0.05) is 36.3 Å². The maximum absolute atomic E-state index is 13.5. The van der Waals surface area contributed by atoms with E-state index in [9.17, 15) is 4.79 Å². The molecule has 176 valence electrons. The molecule has 1 aliphatic rings. The van der Waals surface area contributed by atoms with Gasteiger partial charge >= 0.3 is 11.6 Å². The van der Waals surface area contributed by atoms with Gasteiger partial charge in [0.05, 0.1) is 33.1 Å². The van der Waals surface area contributed by atoms with Gasteiger partial charge in [-0.3, -0.25) is 4.79 Å². The second kappa shape index (κ2) is 8.86. The van der Waals surface area contributed by atoms with Crippen molar-refractivity contribution in [3.05, 3.63) is 35.4 Å². The number of aromatic nitrogens is 4. The predicted molar refractivity (Wildman–Crippen MR) is 123 cm³/mol. The van der Waals surface area contributed by atoms with Crippen LogP contribution < -0.4 is 24.8 Å². The van der Waals surface area contributed by atoms with E-state index in [1.54, 1.807) is 23.9 Å². The zero-order chi connectivity index (χ0) is 23.8. The first-order valence-corrected chi connectivity index (χ1v) is 10.9. The van der Waals surface area contributed by atoms with Crippen LogP contribution in [0.4, 0.5) is 11.6 Å². The number of benzene rings is 1. The largest absolute Gasteiger partial charge is 0.494 e. The van der Waals surface area contributed by atoms with Gasteiger partial charge in [-0.2, -0.15) is 0 Å². The Kier molecular flexibility index (Phi) is 6.11. The molecule has 0 saturated carbocycles. The summed E-state index contributed by atoms with van der Waals surface area (Å²) in [6, 6.07) is 7.31. The molecule has 0 amide bonds. The number of anilines is 2. The van der Waals surface area contributed by atoms with Gasteiger partial charge in [0.2, 0.25) is 5.78 Å². The molecule has 1 fully saturated rings. The Morgan fingerprint density at radius 3 is 2.55 bits per heavy atom. The fraction of sp³-hybridized carbons (Fsp3) is 0.478. The van der Waals surface area contributed by atoms with Crippen LogP contribution in [0.2, 0.25) is 0 Å². The number of rotatable bonds is 6. The van der Waals surface area contributed by atoms with Crippen molar-refractivity contribution < 1.29 is 23.7 Å². The minimum atomic E-state index is -0.220. The highest BCUT2D eigenvalue weighted by molar-refractivity contribution is 5.97. The van der Waals surface area contributed by atoms with Gasteiger partial charge in [-0.1, -0.05) is 25.3 Å². The molecule has 33 heavy (non-hydrogen) atoms. The van der Waals surface area contributed by atoms with E-state index >= 15 is 0 Å². The van der Waals surface area contributed by atoms with E-state index in [-0.39, 0.29) is 23.7 Å². The van der Waals surface area contributed by atoms with Crippen molar-refractivity contribution in [1.29, 1.82) is 0 Å². The summed E-state index contributed by atoms with van der Waals surface area (Å²) in [5.41, 5.74) is 8.87. The Bertz CT molecular complexity index is 1180. The zero-order valence-electron chi connectivity index (χ0n) is 19.8. The minimum absolute atomic E-state index is 0.0210. The molecule has 0 aliphatic carbocycles. The van der Waals surface area contributed by atoms with Crippen molar-refractivity contribution in [2.75, 3.05) is 51.2 Å². The van der Waals surface area contributed by atoms with Crippen LogP contribution in [-0.4, -0.2) is 61.0 Å². The molecular formula is C23H31N6O4+. The van der Waals surface area contributed by atoms with Crippen molar-refractivity contribution in [2.45, 2.75) is 32.7 Å². The molecule has 1 aliphatic heterocycles. The summed E-state index contributed by atoms with van der Waals surface area (Å²) in [6.07, 6.45) is 0. The number of hydrogen-bond acceptors (Lipinski definition) is 8. The fourth-order valence-electron chi connectivity index (χ4n) is 4.02. The number of carbonyl (C=O) groups excluding carboxylic acids is 1. The third-order valence-electron chi connectivity index (χ3n) is 5.75. The number of Topliss-reactive ketones (excluding diaryl/α,β-unsaturated/α-hetero) is 1. The summed E-state index contributed by atoms with van der Waals surface area (Å²) in [5.74, 6) is 1.29. The quantitative estimate of drug-likeness (QED) is 0.441. The van der Waals surface area contributed by atoms with Crippen molar-refractivity contribution in [3.63, 3.8) is 0 Å². The molecule has 3 heterocycles. The highest BCUT2D eigenvalue weighted by Crippen LogP contribution is 2.40. The van der Waals surface area contributed by atoms with Crippen LogP contribution in [0.15, 0.2) is 24.3 Å². The van der Waals surface area contributed by atoms with Crippen LogP contribution in [0, 0.1) is 0 Å². The van der Waals surface area contributed by atoms with Gasteiger partial charge in [-0.15, -0.1) is 4.68 Å². The monoisotopic (exact) mass is 455 g/mol. The van der Waals surface area contributed by atoms with Crippen LogP contribution in [0.3, 0.4) is 0 Å². The van der Waals surface area contributed by atoms with Gasteiger partial charge < -0.3 is 24.8 Å². The Morgan fingerprint density at radius 1 is 1.18 bits per heavy atom. The fourth-order valence-corrected chi connectivity index (χ4v) is 4.02. The lowest BCUT2D eigenvalue weighted by Crippen LogP contribution is -2.41. The summed E-state index contributed by atoms with van der Waals surface area (Å²) in [5, 5.41) is 8.59. The maximum atomic E-state index is 13.5. The van der Waals surface area contributed by atoms with Gasteiger partial charge in [-0.25, -0.2) is 0 Å². The molecule has 0 bridgehead atoms. The zero-order valence-corrected chi connectivity index (χ0v) is 19.8. The number of fused-ring (bicyclic) bond motifs is 1. The third kappa shape index (κ3) is 4.43. The lowest BCUT2D eigenvalue weighted by Gasteiger charge is -2.33. The number of nitrogens with zero attached hydrogens (tertiary/aromatic N) is 5. The van der Waals surface area contributed by atoms with Gasteiger partial charge in [0.1, 0.15) is 5.75 Å². The molecular weight excluding hydrogens is 424 g/mol. The molecule has 1 saturated heterocycles. The summed E-state index contributed by atoms with van der Waals surface area (Å²) < 4.78 is 19.5. The number of morpholine rings is 1. The van der Waals surface area contributed by atoms with E-state index < -0.39 is 0 Å². The van der Waals surface area contributed by atoms with Gasteiger partial charge in [0.15, 0.2) is 6.54 Å². The molecule has 0 radical (unpaired) electrons. The topological polar surface area (TPSA) is 108 Å². The second-order valence-corrected chi connectivity index (χ2v) is 9.01. The molecule has 10 nitrogen and oxygen atoms in total. The highest BCUT2D eigenvalue weighted by Gasteiger charge is 2.28. The van der Waals surface area contributed by atoms with Crippen LogP contribution in [-0.2, 0) is 16.7 Å². The third-order valence-corrected chi connectivity index (χ3v) is 5.75. The average Bonchev–Trinajstić information content (AvgIpc) is 3.12. The van der Waals surface area contributed by atoms with Crippen molar-refractivity contribution >= 4 is 23.1 Å². The van der Waals surface area contributed by atoms with E-state index in [1.807, 2.05) is 12.1 Å². The molecule has 2 N–H and O–H groups in total. The van der Waals surface area contributed by atoms with Crippen LogP contribution in [0.1, 0.15) is 36.7 Å². The number of nitrogen functional groups attached to an aromatic ring is 1.